The van der Waals surface area contributed by atoms with Gasteiger partial charge in [0.2, 0.25) is 0 Å². The maximum absolute atomic E-state index is 12.4. The van der Waals surface area contributed by atoms with Crippen LogP contribution in [0.2, 0.25) is 0 Å². The summed E-state index contributed by atoms with van der Waals surface area (Å²) >= 11 is 0. The smallest absolute Gasteiger partial charge is 0.343 e. The molecule has 1 N–H and O–H groups in total. The van der Waals surface area contributed by atoms with Gasteiger partial charge in [0.25, 0.3) is 5.91 Å². The first kappa shape index (κ1) is 24.5. The van der Waals surface area contributed by atoms with Gasteiger partial charge < -0.3 is 14.2 Å². The molecule has 0 aliphatic carbocycles. The lowest BCUT2D eigenvalue weighted by atomic mass is 10.2. The molecule has 0 unspecified atom stereocenters. The molecule has 1 amide bonds. The Labute approximate surface area is 199 Å². The molecular weight excluding hydrogens is 432 g/mol. The van der Waals surface area contributed by atoms with Gasteiger partial charge >= 0.3 is 5.97 Å². The van der Waals surface area contributed by atoms with Crippen LogP contribution in [0, 0.1) is 0 Å². The number of carbonyl (C=O) groups excluding carboxylic acids is 2. The van der Waals surface area contributed by atoms with Gasteiger partial charge in [-0.2, -0.15) is 5.10 Å². The summed E-state index contributed by atoms with van der Waals surface area (Å²) in [5, 5.41) is 4.02. The van der Waals surface area contributed by atoms with E-state index in [1.165, 1.54) is 6.21 Å². The summed E-state index contributed by atoms with van der Waals surface area (Å²) < 4.78 is 16.7. The van der Waals surface area contributed by atoms with Crippen LogP contribution in [0.15, 0.2) is 77.9 Å². The highest BCUT2D eigenvalue weighted by Crippen LogP contribution is 2.29. The van der Waals surface area contributed by atoms with Gasteiger partial charge in [0.05, 0.1) is 25.0 Å². The van der Waals surface area contributed by atoms with Crippen molar-refractivity contribution in [3.05, 3.63) is 89.5 Å². The molecule has 0 aliphatic heterocycles. The van der Waals surface area contributed by atoms with E-state index in [9.17, 15) is 9.59 Å². The van der Waals surface area contributed by atoms with E-state index in [-0.39, 0.29) is 5.91 Å². The van der Waals surface area contributed by atoms with E-state index < -0.39 is 5.97 Å². The van der Waals surface area contributed by atoms with E-state index in [0.717, 1.165) is 18.6 Å². The zero-order chi connectivity index (χ0) is 24.2. The monoisotopic (exact) mass is 460 g/mol. The Bertz CT molecular complexity index is 1110. The molecule has 0 heterocycles. The summed E-state index contributed by atoms with van der Waals surface area (Å²) in [6.07, 6.45) is 3.54. The minimum atomic E-state index is -0.475. The Morgan fingerprint density at radius 2 is 1.65 bits per heavy atom. The number of hydrogen-bond acceptors (Lipinski definition) is 6. The molecule has 0 atom stereocenters. The van der Waals surface area contributed by atoms with E-state index in [0.29, 0.717) is 41.4 Å². The summed E-state index contributed by atoms with van der Waals surface area (Å²) in [6.45, 7) is 4.99. The number of ether oxygens (including phenoxy) is 3. The maximum Gasteiger partial charge on any atom is 0.343 e. The minimum absolute atomic E-state index is 0.304. The minimum Gasteiger partial charge on any atom is -0.494 e. The Kier molecular flexibility index (Phi) is 9.22. The third kappa shape index (κ3) is 7.20. The highest BCUT2D eigenvalue weighted by atomic mass is 16.6. The zero-order valence-electron chi connectivity index (χ0n) is 19.3. The Morgan fingerprint density at radius 3 is 2.35 bits per heavy atom. The van der Waals surface area contributed by atoms with Crippen LogP contribution in [0.4, 0.5) is 0 Å². The molecule has 0 radical (unpaired) electrons. The lowest BCUT2D eigenvalue weighted by Gasteiger charge is -2.11. The first-order valence-corrected chi connectivity index (χ1v) is 11.2. The summed E-state index contributed by atoms with van der Waals surface area (Å²) in [6, 6.07) is 20.7. The van der Waals surface area contributed by atoms with Gasteiger partial charge in [-0.1, -0.05) is 31.5 Å². The van der Waals surface area contributed by atoms with Crippen molar-refractivity contribution in [3.8, 4) is 17.2 Å². The summed E-state index contributed by atoms with van der Waals surface area (Å²) in [4.78, 5) is 24.7. The van der Waals surface area contributed by atoms with Crippen LogP contribution in [-0.4, -0.2) is 31.3 Å². The number of benzene rings is 3. The number of nitrogens with one attached hydrogen (secondary N) is 1. The third-order valence-electron chi connectivity index (χ3n) is 4.74. The van der Waals surface area contributed by atoms with Crippen molar-refractivity contribution in [1.82, 2.24) is 5.43 Å². The molecule has 0 bridgehead atoms. The molecule has 0 aliphatic rings. The second-order valence-electron chi connectivity index (χ2n) is 7.32. The van der Waals surface area contributed by atoms with E-state index >= 15 is 0 Å². The number of hydrogen-bond donors (Lipinski definition) is 1. The fraction of sp³-hybridized carbons (Fsp3) is 0.222. The number of esters is 1. The molecule has 3 aromatic carbocycles. The van der Waals surface area contributed by atoms with Gasteiger partial charge in [0.15, 0.2) is 11.5 Å². The molecular formula is C27H28N2O5. The topological polar surface area (TPSA) is 86.2 Å². The summed E-state index contributed by atoms with van der Waals surface area (Å²) in [5.41, 5.74) is 4.09. The molecule has 0 aromatic heterocycles. The quantitative estimate of drug-likeness (QED) is 0.139. The number of rotatable bonds is 11. The van der Waals surface area contributed by atoms with Crippen LogP contribution in [0.3, 0.4) is 0 Å². The first-order valence-electron chi connectivity index (χ1n) is 11.2. The molecule has 7 nitrogen and oxygen atoms in total. The molecule has 3 aromatic rings. The number of nitrogens with zero attached hydrogens (tertiary/aromatic N) is 1. The lowest BCUT2D eigenvalue weighted by Crippen LogP contribution is -2.17. The van der Waals surface area contributed by atoms with Gasteiger partial charge in [-0.25, -0.2) is 10.2 Å². The second kappa shape index (κ2) is 12.8. The molecule has 176 valence electrons. The maximum atomic E-state index is 12.4. The van der Waals surface area contributed by atoms with Crippen LogP contribution in [0.1, 0.15) is 53.0 Å². The van der Waals surface area contributed by atoms with E-state index in [1.54, 1.807) is 66.7 Å². The van der Waals surface area contributed by atoms with Gasteiger partial charge in [0.1, 0.15) is 5.75 Å². The van der Waals surface area contributed by atoms with Crippen molar-refractivity contribution in [2.24, 2.45) is 5.10 Å². The van der Waals surface area contributed by atoms with Crippen molar-refractivity contribution in [3.63, 3.8) is 0 Å². The normalized spacial score (nSPS) is 10.6. The van der Waals surface area contributed by atoms with E-state index in [2.05, 4.69) is 17.5 Å². The predicted molar refractivity (Wildman–Crippen MR) is 131 cm³/mol. The van der Waals surface area contributed by atoms with Crippen molar-refractivity contribution >= 4 is 18.1 Å². The van der Waals surface area contributed by atoms with Gasteiger partial charge in [-0.15, -0.1) is 0 Å². The number of amides is 1. The second-order valence-corrected chi connectivity index (χ2v) is 7.32. The highest BCUT2D eigenvalue weighted by Gasteiger charge is 2.13. The zero-order valence-corrected chi connectivity index (χ0v) is 19.3. The van der Waals surface area contributed by atoms with Crippen molar-refractivity contribution in [1.29, 1.82) is 0 Å². The molecule has 0 spiro atoms. The molecule has 0 saturated carbocycles. The molecule has 3 rings (SSSR count). The number of carbonyl (C=O) groups is 2. The highest BCUT2D eigenvalue weighted by molar-refractivity contribution is 5.95. The first-order chi connectivity index (χ1) is 16.6. The van der Waals surface area contributed by atoms with E-state index in [4.69, 9.17) is 14.2 Å². The standard InChI is InChI=1S/C27H28N2O5/c1-3-5-17-33-23-14-12-21(13-15-23)26(30)29-28-19-20-11-16-24(25(18-20)32-4-2)34-27(31)22-9-7-6-8-10-22/h6-16,18-19H,3-5,17H2,1-2H3,(H,29,30)/b28-19-. The van der Waals surface area contributed by atoms with Gasteiger partial charge in [0, 0.05) is 5.56 Å². The van der Waals surface area contributed by atoms with E-state index in [1.807, 2.05) is 13.0 Å². The average Bonchev–Trinajstić information content (AvgIpc) is 2.86. The van der Waals surface area contributed by atoms with Crippen molar-refractivity contribution < 1.29 is 23.8 Å². The SMILES string of the molecule is CCCCOc1ccc(C(=O)N/N=C\c2ccc(OC(=O)c3ccccc3)c(OCC)c2)cc1. The van der Waals surface area contributed by atoms with Gasteiger partial charge in [-0.05, 0) is 73.5 Å². The fourth-order valence-corrected chi connectivity index (χ4v) is 2.96. The molecule has 7 heteroatoms. The van der Waals surface area contributed by atoms with Crippen LogP contribution in [-0.2, 0) is 0 Å². The van der Waals surface area contributed by atoms with Crippen LogP contribution >= 0.6 is 0 Å². The Hall–Kier alpha value is -4.13. The van der Waals surface area contributed by atoms with Crippen LogP contribution in [0.5, 0.6) is 17.2 Å². The Balaban J connectivity index is 1.61. The van der Waals surface area contributed by atoms with Crippen LogP contribution < -0.4 is 19.6 Å². The molecule has 34 heavy (non-hydrogen) atoms. The predicted octanol–water partition coefficient (Wildman–Crippen LogP) is 5.25. The third-order valence-corrected chi connectivity index (χ3v) is 4.74. The summed E-state index contributed by atoms with van der Waals surface area (Å²) in [7, 11) is 0. The van der Waals surface area contributed by atoms with Crippen molar-refractivity contribution in [2.45, 2.75) is 26.7 Å². The summed E-state index contributed by atoms with van der Waals surface area (Å²) in [5.74, 6) is 0.621. The molecule has 0 saturated heterocycles. The van der Waals surface area contributed by atoms with Crippen LogP contribution in [0.25, 0.3) is 0 Å². The Morgan fingerprint density at radius 1 is 0.882 bits per heavy atom. The number of unbranched alkanes of at least 4 members (excludes halogenated alkanes) is 1. The van der Waals surface area contributed by atoms with Crippen molar-refractivity contribution in [2.75, 3.05) is 13.2 Å². The number of hydrazone groups is 1. The lowest BCUT2D eigenvalue weighted by molar-refractivity contribution is 0.0728. The largest absolute Gasteiger partial charge is 0.494 e. The average molecular weight is 461 g/mol. The fourth-order valence-electron chi connectivity index (χ4n) is 2.96. The van der Waals surface area contributed by atoms with Gasteiger partial charge in [-0.3, -0.25) is 4.79 Å². The molecule has 0 fully saturated rings.